The number of pyridine rings is 1. The van der Waals surface area contributed by atoms with Gasteiger partial charge in [0, 0.05) is 17.3 Å². The van der Waals surface area contributed by atoms with Crippen molar-refractivity contribution >= 4 is 28.6 Å². The highest BCUT2D eigenvalue weighted by molar-refractivity contribution is 6.33. The van der Waals surface area contributed by atoms with Gasteiger partial charge in [-0.15, -0.1) is 0 Å². The molecule has 0 radical (unpaired) electrons. The third kappa shape index (κ3) is 3.62. The van der Waals surface area contributed by atoms with Gasteiger partial charge < -0.3 is 29.6 Å². The Hall–Kier alpha value is -3.25. The van der Waals surface area contributed by atoms with Crippen LogP contribution in [0.25, 0.3) is 22.3 Å². The highest BCUT2D eigenvalue weighted by atomic mass is 35.5. The van der Waals surface area contributed by atoms with E-state index in [0.717, 1.165) is 23.1 Å². The molecule has 0 amide bonds. The van der Waals surface area contributed by atoms with E-state index in [1.54, 1.807) is 18.5 Å². The number of aliphatic hydroxyl groups excluding tert-OH is 1. The first-order valence-corrected chi connectivity index (χ1v) is 12.1. The molecule has 2 fully saturated rings. The molecule has 186 valence electrons. The molecule has 0 saturated carbocycles. The number of fused-ring (bicyclic) bond motifs is 3. The fourth-order valence-corrected chi connectivity index (χ4v) is 5.55. The summed E-state index contributed by atoms with van der Waals surface area (Å²) in [5.74, 6) is 0.146. The molecule has 1 aromatic carbocycles. The zero-order valence-corrected chi connectivity index (χ0v) is 19.6. The van der Waals surface area contributed by atoms with Crippen molar-refractivity contribution in [3.8, 4) is 17.1 Å². The summed E-state index contributed by atoms with van der Waals surface area (Å²) in [6, 6.07) is 5.24. The topological polar surface area (TPSA) is 130 Å². The molecule has 3 aromatic heterocycles. The van der Waals surface area contributed by atoms with Crippen LogP contribution in [0.4, 0.5) is 10.2 Å². The summed E-state index contributed by atoms with van der Waals surface area (Å²) in [6.07, 6.45) is 3.06. The fourth-order valence-electron chi connectivity index (χ4n) is 5.34. The number of rotatable bonds is 5. The van der Waals surface area contributed by atoms with Crippen LogP contribution in [0.15, 0.2) is 30.6 Å². The number of hydrogen-bond acceptors (Lipinski definition) is 8. The van der Waals surface area contributed by atoms with Crippen LogP contribution in [0.2, 0.25) is 5.02 Å². The Morgan fingerprint density at radius 2 is 2.03 bits per heavy atom. The summed E-state index contributed by atoms with van der Waals surface area (Å²) in [5.41, 5.74) is 4.22. The van der Waals surface area contributed by atoms with Crippen molar-refractivity contribution in [3.63, 3.8) is 0 Å². The number of aliphatic hydroxyl groups is 1. The van der Waals surface area contributed by atoms with Crippen molar-refractivity contribution in [1.82, 2.24) is 25.1 Å². The van der Waals surface area contributed by atoms with Crippen LogP contribution in [0.5, 0.6) is 6.01 Å². The lowest BCUT2D eigenvalue weighted by Gasteiger charge is -2.17. The van der Waals surface area contributed by atoms with E-state index in [2.05, 4.69) is 30.5 Å². The molecule has 0 spiro atoms. The van der Waals surface area contributed by atoms with Gasteiger partial charge in [0.2, 0.25) is 0 Å². The number of aromatic nitrogens is 5. The van der Waals surface area contributed by atoms with E-state index in [0.29, 0.717) is 40.6 Å². The number of halogens is 2. The van der Waals surface area contributed by atoms with Gasteiger partial charge in [0.1, 0.15) is 29.9 Å². The first kappa shape index (κ1) is 22.0. The Kier molecular flexibility index (Phi) is 5.14. The second-order valence-corrected chi connectivity index (χ2v) is 9.71. The van der Waals surface area contributed by atoms with Gasteiger partial charge in [-0.2, -0.15) is 10.1 Å². The number of ether oxygens (including phenoxy) is 3. The minimum atomic E-state index is -0.656. The van der Waals surface area contributed by atoms with Crippen molar-refractivity contribution in [2.24, 2.45) is 0 Å². The summed E-state index contributed by atoms with van der Waals surface area (Å²) in [7, 11) is 0. The summed E-state index contributed by atoms with van der Waals surface area (Å²) >= 11 is 6.52. The molecule has 2 aliphatic heterocycles. The van der Waals surface area contributed by atoms with E-state index in [-0.39, 0.29) is 30.6 Å². The summed E-state index contributed by atoms with van der Waals surface area (Å²) in [5, 5.41) is 20.3. The smallest absolute Gasteiger partial charge is 0.296 e. The first-order valence-electron chi connectivity index (χ1n) is 11.8. The number of hydrogen-bond donors (Lipinski definition) is 4. The lowest BCUT2D eigenvalue weighted by molar-refractivity contribution is 0.00706. The molecule has 5 heterocycles. The fraction of sp³-hybridized carbons (Fsp3) is 0.375. The quantitative estimate of drug-likeness (QED) is 0.321. The SMILES string of the molecule is O[C@@H]1CO[C@H]2[C@@H]1OC[C@H]2Oc1nc2nc(NC3CCc4cc(-c5cn[nH]c5)cc(F)c43)c(Cl)cc2[nH]1. The number of anilines is 1. The molecular formula is C24H22ClFN6O4. The van der Waals surface area contributed by atoms with Crippen LogP contribution in [0.3, 0.4) is 0 Å². The van der Waals surface area contributed by atoms with Gasteiger partial charge in [0.15, 0.2) is 11.8 Å². The maximum absolute atomic E-state index is 15.2. The summed E-state index contributed by atoms with van der Waals surface area (Å²) in [6.45, 7) is 0.510. The standard InChI is InChI=1S/C24H22ClFN6O4/c25-13-5-16-23(32-24(30-16)36-18-9-35-20-17(33)8-34-21(18)20)31-22(13)29-15-2-1-10-3-11(4-14(26)19(10)15)12-6-27-28-7-12/h3-7,15,17-18,20-21,33H,1-2,8-9H2,(H,27,28)(H2,29,30,31,32)/t15?,17-,18-,20-,21-/m1/s1. The third-order valence-electron chi connectivity index (χ3n) is 7.06. The summed E-state index contributed by atoms with van der Waals surface area (Å²) < 4.78 is 32.3. The number of aryl methyl sites for hydroxylation is 1. The van der Waals surface area contributed by atoms with Crippen LogP contribution >= 0.6 is 11.6 Å². The first-order chi connectivity index (χ1) is 17.5. The number of nitrogens with one attached hydrogen (secondary N) is 3. The van der Waals surface area contributed by atoms with E-state index in [9.17, 15) is 5.11 Å². The second-order valence-electron chi connectivity index (χ2n) is 9.30. The average Bonchev–Trinajstić information content (AvgIpc) is 3.66. The van der Waals surface area contributed by atoms with Gasteiger partial charge in [-0.05, 0) is 36.1 Å². The molecule has 1 aliphatic carbocycles. The van der Waals surface area contributed by atoms with E-state index in [4.69, 9.17) is 25.8 Å². The molecule has 7 rings (SSSR count). The van der Waals surface area contributed by atoms with Crippen LogP contribution in [-0.4, -0.2) is 67.9 Å². The highest BCUT2D eigenvalue weighted by Gasteiger charge is 2.48. The van der Waals surface area contributed by atoms with Crippen LogP contribution in [0, 0.1) is 5.82 Å². The van der Waals surface area contributed by atoms with Crippen molar-refractivity contribution in [2.45, 2.75) is 43.3 Å². The zero-order valence-electron chi connectivity index (χ0n) is 18.9. The Morgan fingerprint density at radius 1 is 1.14 bits per heavy atom. The predicted molar refractivity (Wildman–Crippen MR) is 127 cm³/mol. The van der Waals surface area contributed by atoms with Gasteiger partial charge in [0.25, 0.3) is 6.01 Å². The normalized spacial score (nSPS) is 26.9. The maximum Gasteiger partial charge on any atom is 0.296 e. The number of H-pyrrole nitrogens is 2. The molecule has 3 aliphatic rings. The third-order valence-corrected chi connectivity index (χ3v) is 7.35. The van der Waals surface area contributed by atoms with E-state index in [1.807, 2.05) is 6.07 Å². The van der Waals surface area contributed by atoms with Crippen LogP contribution < -0.4 is 10.1 Å². The number of aromatic amines is 2. The van der Waals surface area contributed by atoms with Crippen LogP contribution in [-0.2, 0) is 15.9 Å². The van der Waals surface area contributed by atoms with Crippen molar-refractivity contribution in [2.75, 3.05) is 18.5 Å². The maximum atomic E-state index is 15.2. The Balaban J connectivity index is 1.12. The molecule has 10 nitrogen and oxygen atoms in total. The minimum Gasteiger partial charge on any atom is -0.456 e. The Labute approximate surface area is 209 Å². The highest BCUT2D eigenvalue weighted by Crippen LogP contribution is 2.39. The van der Waals surface area contributed by atoms with Crippen molar-refractivity contribution < 1.29 is 23.7 Å². The molecule has 4 aromatic rings. The molecule has 2 saturated heterocycles. The van der Waals surface area contributed by atoms with Gasteiger partial charge in [-0.3, -0.25) is 5.10 Å². The number of imidazole rings is 1. The number of nitrogens with zero attached hydrogens (tertiary/aromatic N) is 3. The van der Waals surface area contributed by atoms with Crippen LogP contribution in [0.1, 0.15) is 23.6 Å². The Morgan fingerprint density at radius 3 is 2.89 bits per heavy atom. The molecule has 1 unspecified atom stereocenters. The van der Waals surface area contributed by atoms with E-state index >= 15 is 4.39 Å². The Bertz CT molecular complexity index is 1450. The number of benzene rings is 1. The summed E-state index contributed by atoms with van der Waals surface area (Å²) in [4.78, 5) is 12.1. The largest absolute Gasteiger partial charge is 0.456 e. The van der Waals surface area contributed by atoms with Gasteiger partial charge in [0.05, 0.1) is 36.0 Å². The van der Waals surface area contributed by atoms with E-state index < -0.39 is 18.3 Å². The van der Waals surface area contributed by atoms with Gasteiger partial charge >= 0.3 is 0 Å². The average molecular weight is 513 g/mol. The van der Waals surface area contributed by atoms with Crippen molar-refractivity contribution in [3.05, 3.63) is 52.6 Å². The lowest BCUT2D eigenvalue weighted by atomic mass is 10.0. The minimum absolute atomic E-state index is 0.219. The van der Waals surface area contributed by atoms with Gasteiger partial charge in [-0.25, -0.2) is 9.37 Å². The molecule has 5 atom stereocenters. The monoisotopic (exact) mass is 512 g/mol. The molecule has 12 heteroatoms. The lowest BCUT2D eigenvalue weighted by Crippen LogP contribution is -2.34. The van der Waals surface area contributed by atoms with Gasteiger partial charge in [-0.1, -0.05) is 17.7 Å². The molecule has 0 bridgehead atoms. The molecule has 4 N–H and O–H groups in total. The van der Waals surface area contributed by atoms with Crippen molar-refractivity contribution in [1.29, 1.82) is 0 Å². The van der Waals surface area contributed by atoms with E-state index in [1.165, 1.54) is 6.07 Å². The second kappa shape index (κ2) is 8.41. The molecule has 36 heavy (non-hydrogen) atoms. The predicted octanol–water partition coefficient (Wildman–Crippen LogP) is 3.15. The zero-order chi connectivity index (χ0) is 24.4. The molecular weight excluding hydrogens is 491 g/mol.